The van der Waals surface area contributed by atoms with Crippen LogP contribution in [0.5, 0.6) is 5.75 Å². The van der Waals surface area contributed by atoms with Gasteiger partial charge >= 0.3 is 5.97 Å². The molecular formula is C25H31BFNO7. The van der Waals surface area contributed by atoms with Crippen LogP contribution < -0.4 is 4.90 Å². The van der Waals surface area contributed by atoms with E-state index < -0.39 is 59.5 Å². The number of amides is 1. The van der Waals surface area contributed by atoms with E-state index in [4.69, 9.17) is 22.1 Å². The molecule has 2 aliphatic rings. The number of carbonyl (C=O) groups is 2. The van der Waals surface area contributed by atoms with Crippen molar-refractivity contribution in [2.75, 3.05) is 11.4 Å². The Kier molecular flexibility index (Phi) is 8.09. The second-order valence-corrected chi connectivity index (χ2v) is 9.25. The van der Waals surface area contributed by atoms with Crippen molar-refractivity contribution in [1.29, 1.82) is 0 Å². The molecule has 0 saturated carbocycles. The first-order chi connectivity index (χ1) is 16.3. The number of hydrogen-bond donors (Lipinski definition) is 2. The Morgan fingerprint density at radius 2 is 1.97 bits per heavy atom. The summed E-state index contributed by atoms with van der Waals surface area (Å²) in [4.78, 5) is 26.1. The minimum Gasteiger partial charge on any atom is -0.507 e. The molecule has 2 aliphatic heterocycles. The third kappa shape index (κ3) is 5.94. The Balaban J connectivity index is 2.11. The Bertz CT molecular complexity index is 1040. The van der Waals surface area contributed by atoms with Gasteiger partial charge in [0.15, 0.2) is 11.6 Å². The second-order valence-electron chi connectivity index (χ2n) is 9.25. The van der Waals surface area contributed by atoms with Gasteiger partial charge in [0.25, 0.3) is 0 Å². The molecule has 0 bridgehead atoms. The third-order valence-corrected chi connectivity index (χ3v) is 6.17. The van der Waals surface area contributed by atoms with Crippen LogP contribution in [0.2, 0.25) is 0 Å². The molecule has 1 aromatic carbocycles. The van der Waals surface area contributed by atoms with Crippen molar-refractivity contribution in [3.63, 3.8) is 0 Å². The number of halogens is 1. The average molecular weight is 487 g/mol. The van der Waals surface area contributed by atoms with Crippen LogP contribution in [0.3, 0.4) is 0 Å². The van der Waals surface area contributed by atoms with Gasteiger partial charge in [-0.2, -0.15) is 0 Å². The number of esters is 1. The van der Waals surface area contributed by atoms with Crippen molar-refractivity contribution in [2.24, 2.45) is 5.92 Å². The lowest BCUT2D eigenvalue weighted by Crippen LogP contribution is -2.36. The zero-order valence-electron chi connectivity index (χ0n) is 20.5. The zero-order valence-corrected chi connectivity index (χ0v) is 20.5. The molecule has 2 heterocycles. The number of phenols is 1. The predicted octanol–water partition coefficient (Wildman–Crippen LogP) is 3.84. The van der Waals surface area contributed by atoms with Crippen LogP contribution in [0.4, 0.5) is 14.9 Å². The summed E-state index contributed by atoms with van der Waals surface area (Å²) in [5, 5.41) is 21.4. The van der Waals surface area contributed by atoms with Crippen molar-refractivity contribution in [3.05, 3.63) is 41.2 Å². The summed E-state index contributed by atoms with van der Waals surface area (Å²) in [7, 11) is 5.45. The molecule has 35 heavy (non-hydrogen) atoms. The van der Waals surface area contributed by atoms with E-state index in [1.54, 1.807) is 52.8 Å². The number of hydrogen-bond acceptors (Lipinski definition) is 7. The molecule has 2 N–H and O–H groups in total. The van der Waals surface area contributed by atoms with E-state index in [1.807, 2.05) is 0 Å². The van der Waals surface area contributed by atoms with Gasteiger partial charge in [-0.3, -0.25) is 4.79 Å². The molecule has 3 rings (SSSR count). The van der Waals surface area contributed by atoms with Crippen LogP contribution in [-0.4, -0.2) is 66.6 Å². The molecule has 188 valence electrons. The van der Waals surface area contributed by atoms with E-state index in [0.29, 0.717) is 11.3 Å². The minimum atomic E-state index is -1.57. The first-order valence-corrected chi connectivity index (χ1v) is 11.6. The number of benzene rings is 1. The van der Waals surface area contributed by atoms with Crippen molar-refractivity contribution < 1.29 is 38.4 Å². The number of carbonyl (C=O) groups excluding carboxylic acids is 2. The lowest BCUT2D eigenvalue weighted by Gasteiger charge is -2.24. The van der Waals surface area contributed by atoms with Gasteiger partial charge in [-0.15, -0.1) is 0 Å². The molecule has 10 heteroatoms. The number of cyclic esters (lactones) is 1. The quantitative estimate of drug-likeness (QED) is 0.483. The van der Waals surface area contributed by atoms with Crippen LogP contribution in [0.1, 0.15) is 57.0 Å². The normalized spacial score (nSPS) is 28.8. The van der Waals surface area contributed by atoms with Gasteiger partial charge in [-0.05, 0) is 51.8 Å². The Labute approximate surface area is 205 Å². The van der Waals surface area contributed by atoms with Gasteiger partial charge in [0.05, 0.1) is 6.10 Å². The molecule has 0 unspecified atom stereocenters. The van der Waals surface area contributed by atoms with Crippen molar-refractivity contribution in [3.8, 4) is 5.75 Å². The molecule has 8 nitrogen and oxygen atoms in total. The number of phenolic OH excluding ortho intramolecular Hbond substituents is 1. The highest BCUT2D eigenvalue weighted by molar-refractivity contribution is 6.60. The second kappa shape index (κ2) is 10.5. The maximum absolute atomic E-state index is 14.9. The first kappa shape index (κ1) is 26.9. The fraction of sp³-hybridized carbons (Fsp3) is 0.520. The maximum atomic E-state index is 14.9. The number of nitrogens with zero attached hydrogens (tertiary/aromatic N) is 1. The average Bonchev–Trinajstić information content (AvgIpc) is 3.06. The molecule has 1 saturated heterocycles. The van der Waals surface area contributed by atoms with E-state index in [-0.39, 0.29) is 18.5 Å². The smallest absolute Gasteiger partial charge is 0.342 e. The lowest BCUT2D eigenvalue weighted by molar-refractivity contribution is -0.153. The first-order valence-electron chi connectivity index (χ1n) is 11.6. The number of aliphatic hydroxyl groups is 1. The minimum absolute atomic E-state index is 0.105. The van der Waals surface area contributed by atoms with E-state index in [2.05, 4.69) is 0 Å². The highest BCUT2D eigenvalue weighted by Crippen LogP contribution is 2.36. The summed E-state index contributed by atoms with van der Waals surface area (Å²) >= 11 is 0. The molecule has 2 radical (unpaired) electrons. The Morgan fingerprint density at radius 3 is 2.60 bits per heavy atom. The van der Waals surface area contributed by atoms with Crippen LogP contribution in [0, 0.1) is 5.92 Å². The Hall–Kier alpha value is -2.69. The van der Waals surface area contributed by atoms with Crippen molar-refractivity contribution >= 4 is 31.4 Å². The number of rotatable bonds is 2. The molecule has 1 fully saturated rings. The van der Waals surface area contributed by atoms with E-state index in [0.717, 1.165) is 0 Å². The fourth-order valence-electron chi connectivity index (χ4n) is 4.23. The van der Waals surface area contributed by atoms with Crippen LogP contribution in [0.15, 0.2) is 30.1 Å². The Morgan fingerprint density at radius 1 is 1.29 bits per heavy atom. The van der Waals surface area contributed by atoms with Gasteiger partial charge in [0, 0.05) is 24.2 Å². The molecule has 1 amide bonds. The summed E-state index contributed by atoms with van der Waals surface area (Å²) in [6.45, 7) is 8.53. The topological polar surface area (TPSA) is 106 Å². The monoisotopic (exact) mass is 487 g/mol. The SMILES string of the molecule is [B]C(=O)N(CC)c1cc(O)c2c(c1)C=CC[C@@H]1OC(C)(C)O[C@@H]1[C@H](O)C(F)=C[C@@H](C)[C@H](C)OC2=O. The summed E-state index contributed by atoms with van der Waals surface area (Å²) in [6, 6.07) is 2.81. The molecule has 0 aromatic heterocycles. The van der Waals surface area contributed by atoms with E-state index in [1.165, 1.54) is 17.0 Å². The molecular weight excluding hydrogens is 456 g/mol. The van der Waals surface area contributed by atoms with E-state index in [9.17, 15) is 24.2 Å². The largest absolute Gasteiger partial charge is 0.507 e. The molecule has 0 spiro atoms. The number of fused-ring (bicyclic) bond motifs is 2. The standard InChI is InChI=1S/C25H31BFNO7/c1-6-28(24(26)32)16-11-15-8-7-9-19-22(35-25(4,5)34-19)21(30)17(27)10-13(2)14(3)33-23(31)20(15)18(29)12-16/h7-8,10-14,19,21-22,29-30H,6,9H2,1-5H3/t13-,14+,19+,21-,22+/m1/s1. The van der Waals surface area contributed by atoms with Crippen molar-refractivity contribution in [1.82, 2.24) is 0 Å². The number of ether oxygens (including phenoxy) is 3. The summed E-state index contributed by atoms with van der Waals surface area (Å²) in [5.41, 5.74) is 0.487. The summed E-state index contributed by atoms with van der Waals surface area (Å²) in [6.07, 6.45) is 0.608. The third-order valence-electron chi connectivity index (χ3n) is 6.17. The van der Waals surface area contributed by atoms with Crippen LogP contribution >= 0.6 is 0 Å². The predicted molar refractivity (Wildman–Crippen MR) is 129 cm³/mol. The molecule has 0 aliphatic carbocycles. The van der Waals surface area contributed by atoms with Gasteiger partial charge in [-0.25, -0.2) is 9.18 Å². The van der Waals surface area contributed by atoms with Gasteiger partial charge in [0.2, 0.25) is 7.85 Å². The highest BCUT2D eigenvalue weighted by Gasteiger charge is 2.45. The molecule has 1 aromatic rings. The number of aromatic hydroxyl groups is 1. The van der Waals surface area contributed by atoms with Crippen LogP contribution in [0.25, 0.3) is 6.08 Å². The van der Waals surface area contributed by atoms with Crippen LogP contribution in [-0.2, 0) is 14.2 Å². The van der Waals surface area contributed by atoms with E-state index >= 15 is 0 Å². The van der Waals surface area contributed by atoms with Gasteiger partial charge in [-0.1, -0.05) is 19.1 Å². The highest BCUT2D eigenvalue weighted by atomic mass is 19.1. The summed E-state index contributed by atoms with van der Waals surface area (Å²) in [5.74, 6) is -4.38. The zero-order chi connectivity index (χ0) is 26.1. The summed E-state index contributed by atoms with van der Waals surface area (Å²) < 4.78 is 32.1. The van der Waals surface area contributed by atoms with Gasteiger partial charge < -0.3 is 29.3 Å². The maximum Gasteiger partial charge on any atom is 0.342 e. The van der Waals surface area contributed by atoms with Crippen molar-refractivity contribution in [2.45, 2.75) is 71.2 Å². The fourth-order valence-corrected chi connectivity index (χ4v) is 4.23. The lowest BCUT2D eigenvalue weighted by atomic mass is 9.97. The number of anilines is 1. The van der Waals surface area contributed by atoms with Gasteiger partial charge in [0.1, 0.15) is 35.5 Å². The molecule has 5 atom stereocenters. The number of aliphatic hydroxyl groups excluding tert-OH is 1.